The third kappa shape index (κ3) is 7.08. The minimum Gasteiger partial charge on any atom is -0.508 e. The number of thioether (sulfide) groups is 1. The van der Waals surface area contributed by atoms with Gasteiger partial charge in [-0.1, -0.05) is 36.4 Å². The Morgan fingerprint density at radius 2 is 1.79 bits per heavy atom. The average Bonchev–Trinajstić information content (AvgIpc) is 3.17. The molecule has 1 saturated heterocycles. The molecule has 1 aliphatic heterocycles. The summed E-state index contributed by atoms with van der Waals surface area (Å²) < 4.78 is 37.5. The highest BCUT2D eigenvalue weighted by molar-refractivity contribution is 8.00. The summed E-state index contributed by atoms with van der Waals surface area (Å²) in [5, 5.41) is 23.9. The van der Waals surface area contributed by atoms with E-state index in [9.17, 15) is 37.8 Å². The van der Waals surface area contributed by atoms with Crippen LogP contribution in [0, 0.1) is 6.92 Å². The number of phenolic OH excluding ortho intramolecular Hbond substituents is 1. The van der Waals surface area contributed by atoms with Crippen molar-refractivity contribution in [3.05, 3.63) is 65.2 Å². The van der Waals surface area contributed by atoms with Gasteiger partial charge in [0, 0.05) is 22.3 Å². The van der Waals surface area contributed by atoms with Crippen LogP contribution in [0.15, 0.2) is 48.5 Å². The van der Waals surface area contributed by atoms with E-state index < -0.39 is 59.6 Å². The lowest BCUT2D eigenvalue weighted by Gasteiger charge is -2.33. The quantitative estimate of drug-likeness (QED) is 0.434. The highest BCUT2D eigenvalue weighted by Gasteiger charge is 2.49. The number of hydrogen-bond acceptors (Lipinski definition) is 6. The summed E-state index contributed by atoms with van der Waals surface area (Å²) >= 11 is 1.23. The van der Waals surface area contributed by atoms with Crippen LogP contribution in [-0.4, -0.2) is 67.7 Å². The molecular weight excluding hydrogens is 521 g/mol. The van der Waals surface area contributed by atoms with E-state index in [4.69, 9.17) is 0 Å². The van der Waals surface area contributed by atoms with Crippen molar-refractivity contribution in [2.75, 3.05) is 5.88 Å². The summed E-state index contributed by atoms with van der Waals surface area (Å²) in [6, 6.07) is 10.9. The van der Waals surface area contributed by atoms with Crippen molar-refractivity contribution < 1.29 is 37.8 Å². The second-order valence-electron chi connectivity index (χ2n) is 9.83. The van der Waals surface area contributed by atoms with Gasteiger partial charge in [-0.25, -0.2) is 0 Å². The number of rotatable bonds is 9. The molecule has 0 unspecified atom stereocenters. The van der Waals surface area contributed by atoms with Gasteiger partial charge >= 0.3 is 6.18 Å². The van der Waals surface area contributed by atoms with Crippen LogP contribution >= 0.6 is 11.8 Å². The van der Waals surface area contributed by atoms with Gasteiger partial charge in [0.2, 0.25) is 0 Å². The second kappa shape index (κ2) is 11.8. The number of phenols is 1. The lowest BCUT2D eigenvalue weighted by Crippen LogP contribution is -2.57. The smallest absolute Gasteiger partial charge is 0.389 e. The van der Waals surface area contributed by atoms with Gasteiger partial charge in [0.1, 0.15) is 11.8 Å². The molecular formula is C27H31F3N2O5S. The number of aromatic hydroxyl groups is 1. The van der Waals surface area contributed by atoms with Gasteiger partial charge in [0.25, 0.3) is 11.8 Å². The zero-order chi connectivity index (χ0) is 28.3. The molecule has 0 spiro atoms. The van der Waals surface area contributed by atoms with Crippen molar-refractivity contribution in [2.45, 2.75) is 69.1 Å². The van der Waals surface area contributed by atoms with E-state index in [1.165, 1.54) is 30.0 Å². The summed E-state index contributed by atoms with van der Waals surface area (Å²) in [6.45, 7) is 4.89. The number of nitrogens with zero attached hydrogens (tertiary/aromatic N) is 1. The first-order valence-corrected chi connectivity index (χ1v) is 13.0. The summed E-state index contributed by atoms with van der Waals surface area (Å²) in [6.07, 6.45) is -8.32. The topological polar surface area (TPSA) is 107 Å². The summed E-state index contributed by atoms with van der Waals surface area (Å²) in [5.74, 6) is -2.31. The van der Waals surface area contributed by atoms with Crippen molar-refractivity contribution in [2.24, 2.45) is 0 Å². The maximum absolute atomic E-state index is 13.5. The van der Waals surface area contributed by atoms with Gasteiger partial charge in [0.05, 0.1) is 18.3 Å². The highest BCUT2D eigenvalue weighted by atomic mass is 32.2. The molecule has 0 radical (unpaired) electrons. The van der Waals surface area contributed by atoms with E-state index in [0.29, 0.717) is 11.1 Å². The Hall–Kier alpha value is -3.05. The summed E-state index contributed by atoms with van der Waals surface area (Å²) in [4.78, 5) is 40.6. The van der Waals surface area contributed by atoms with E-state index in [1.54, 1.807) is 51.1 Å². The van der Waals surface area contributed by atoms with Crippen molar-refractivity contribution in [3.8, 4) is 5.75 Å². The molecule has 0 aromatic heterocycles. The first-order valence-electron chi connectivity index (χ1n) is 12.1. The predicted octanol–water partition coefficient (Wildman–Crippen LogP) is 3.99. The molecule has 2 aromatic carbocycles. The molecule has 3 atom stereocenters. The molecule has 1 aliphatic rings. The van der Waals surface area contributed by atoms with Gasteiger partial charge in [-0.15, -0.1) is 11.8 Å². The Morgan fingerprint density at radius 1 is 1.13 bits per heavy atom. The molecule has 3 rings (SSSR count). The minimum absolute atomic E-state index is 0.00296. The molecule has 3 N–H and O–H groups in total. The number of carbonyl (C=O) groups is 3. The van der Waals surface area contributed by atoms with Crippen LogP contribution in [-0.2, 0) is 16.0 Å². The first-order chi connectivity index (χ1) is 17.7. The van der Waals surface area contributed by atoms with Crippen LogP contribution in [0.4, 0.5) is 13.2 Å². The van der Waals surface area contributed by atoms with Crippen LogP contribution in [0.1, 0.15) is 48.2 Å². The number of amides is 2. The largest absolute Gasteiger partial charge is 0.508 e. The third-order valence-corrected chi connectivity index (χ3v) is 7.96. The van der Waals surface area contributed by atoms with Crippen LogP contribution < -0.4 is 5.32 Å². The number of benzene rings is 2. The van der Waals surface area contributed by atoms with Crippen LogP contribution in [0.3, 0.4) is 0 Å². The molecule has 1 heterocycles. The number of carbonyl (C=O) groups excluding carboxylic acids is 3. The SMILES string of the molecule is Cc1c(O)cccc1C(=O)N[C@@H](Cc1ccccc1)[C@H](O)C(=O)N1CSC(C)(C)[C@H]1C(=O)CCC(F)(F)F. The fourth-order valence-corrected chi connectivity index (χ4v) is 5.65. The number of halogens is 3. The lowest BCUT2D eigenvalue weighted by atomic mass is 9.93. The first kappa shape index (κ1) is 29.5. The maximum Gasteiger partial charge on any atom is 0.389 e. The number of nitrogens with one attached hydrogen (secondary N) is 1. The summed E-state index contributed by atoms with van der Waals surface area (Å²) in [5.41, 5.74) is 1.18. The molecule has 2 aromatic rings. The molecule has 0 aliphatic carbocycles. The highest BCUT2D eigenvalue weighted by Crippen LogP contribution is 2.41. The molecule has 0 bridgehead atoms. The number of Topliss-reactive ketones (excluding diaryl/α,β-unsaturated/α-hetero) is 1. The number of aliphatic hydroxyl groups excluding tert-OH is 1. The fraction of sp³-hybridized carbons (Fsp3) is 0.444. The van der Waals surface area contributed by atoms with Gasteiger partial charge < -0.3 is 20.4 Å². The number of ketones is 1. The van der Waals surface area contributed by atoms with Gasteiger partial charge in [0.15, 0.2) is 11.9 Å². The molecule has 7 nitrogen and oxygen atoms in total. The van der Waals surface area contributed by atoms with Crippen molar-refractivity contribution in [3.63, 3.8) is 0 Å². The predicted molar refractivity (Wildman–Crippen MR) is 138 cm³/mol. The number of aliphatic hydroxyl groups is 1. The van der Waals surface area contributed by atoms with Crippen LogP contribution in [0.25, 0.3) is 0 Å². The van der Waals surface area contributed by atoms with Crippen molar-refractivity contribution in [1.82, 2.24) is 10.2 Å². The van der Waals surface area contributed by atoms with Gasteiger partial charge in [-0.2, -0.15) is 13.2 Å². The second-order valence-corrected chi connectivity index (χ2v) is 11.4. The normalized spacial score (nSPS) is 18.6. The standard InChI is InChI=1S/C27H31F3N2O5S/c1-16-18(10-7-11-20(16)33)24(36)31-19(14-17-8-5-4-6-9-17)22(35)25(37)32-15-38-26(2,3)23(32)21(34)12-13-27(28,29)30/h4-11,19,22-23,33,35H,12-15H2,1-3H3,(H,31,36)/t19-,22-,23+/m0/s1. The Kier molecular flexibility index (Phi) is 9.14. The Labute approximate surface area is 223 Å². The number of alkyl halides is 3. The zero-order valence-corrected chi connectivity index (χ0v) is 22.1. The molecule has 0 saturated carbocycles. The van der Waals surface area contributed by atoms with Crippen molar-refractivity contribution in [1.29, 1.82) is 0 Å². The Balaban J connectivity index is 1.87. The van der Waals surface area contributed by atoms with E-state index in [-0.39, 0.29) is 23.6 Å². The van der Waals surface area contributed by atoms with Gasteiger partial charge in [-0.3, -0.25) is 14.4 Å². The minimum atomic E-state index is -4.52. The third-order valence-electron chi connectivity index (χ3n) is 6.59. The lowest BCUT2D eigenvalue weighted by molar-refractivity contribution is -0.151. The monoisotopic (exact) mass is 552 g/mol. The van der Waals surface area contributed by atoms with Crippen LogP contribution in [0.2, 0.25) is 0 Å². The van der Waals surface area contributed by atoms with Crippen molar-refractivity contribution >= 4 is 29.4 Å². The Morgan fingerprint density at radius 3 is 2.42 bits per heavy atom. The van der Waals surface area contributed by atoms with E-state index in [1.807, 2.05) is 0 Å². The van der Waals surface area contributed by atoms with E-state index in [0.717, 1.165) is 4.90 Å². The van der Waals surface area contributed by atoms with E-state index in [2.05, 4.69) is 5.32 Å². The van der Waals surface area contributed by atoms with Crippen LogP contribution in [0.5, 0.6) is 5.75 Å². The van der Waals surface area contributed by atoms with Gasteiger partial charge in [-0.05, 0) is 44.9 Å². The van der Waals surface area contributed by atoms with E-state index >= 15 is 0 Å². The number of hydrogen-bond donors (Lipinski definition) is 3. The average molecular weight is 553 g/mol. The summed E-state index contributed by atoms with van der Waals surface area (Å²) in [7, 11) is 0. The Bertz CT molecular complexity index is 1170. The maximum atomic E-state index is 13.5. The molecule has 2 amide bonds. The zero-order valence-electron chi connectivity index (χ0n) is 21.3. The molecule has 1 fully saturated rings. The molecule has 11 heteroatoms. The molecule has 38 heavy (non-hydrogen) atoms. The molecule has 206 valence electrons. The fourth-order valence-electron chi connectivity index (χ4n) is 4.49.